The monoisotopic (exact) mass is 554 g/mol. The Bertz CT molecular complexity index is 1250. The number of hydrogen-bond donors (Lipinski definition) is 2. The number of likely N-dealkylation sites (tertiary alicyclic amines) is 1. The van der Waals surface area contributed by atoms with E-state index in [1.807, 2.05) is 6.07 Å². The summed E-state index contributed by atoms with van der Waals surface area (Å²) in [6, 6.07) is 4.00. The highest BCUT2D eigenvalue weighted by atomic mass is 19.4. The van der Waals surface area contributed by atoms with Gasteiger partial charge in [0.2, 0.25) is 18.3 Å². The van der Waals surface area contributed by atoms with Gasteiger partial charge in [-0.3, -0.25) is 14.4 Å². The molecule has 0 aromatic carbocycles. The van der Waals surface area contributed by atoms with Crippen molar-refractivity contribution in [2.75, 3.05) is 13.1 Å². The van der Waals surface area contributed by atoms with Gasteiger partial charge in [-0.15, -0.1) is 0 Å². The quantitative estimate of drug-likeness (QED) is 0.338. The number of fused-ring (bicyclic) bond motifs is 2. The van der Waals surface area contributed by atoms with E-state index in [9.17, 15) is 27.2 Å². The smallest absolute Gasteiger partial charge is 0.362 e. The second-order valence-corrected chi connectivity index (χ2v) is 11.5. The lowest BCUT2D eigenvalue weighted by atomic mass is 9.91. The van der Waals surface area contributed by atoms with Gasteiger partial charge in [0.1, 0.15) is 6.04 Å². The first-order chi connectivity index (χ1) is 17.8. The van der Waals surface area contributed by atoms with E-state index in [-0.39, 0.29) is 5.41 Å². The Balaban J connectivity index is 0.000000223. The number of alkyl halides is 3. The van der Waals surface area contributed by atoms with Crippen LogP contribution < -0.4 is 11.1 Å². The number of nitriles is 1. The number of nitrogens with one attached hydrogen (secondary N) is 1. The molecule has 2 aromatic heterocycles. The lowest BCUT2D eigenvalue weighted by molar-refractivity contribution is -0.169. The van der Waals surface area contributed by atoms with E-state index in [1.54, 1.807) is 13.0 Å². The first-order valence-corrected chi connectivity index (χ1v) is 12.2. The molecule has 2 fully saturated rings. The number of aryl methyl sites for hydroxylation is 1. The van der Waals surface area contributed by atoms with Crippen molar-refractivity contribution < 1.29 is 31.9 Å². The van der Waals surface area contributed by atoms with Crippen LogP contribution in [0.25, 0.3) is 5.52 Å². The Kier molecular flexibility index (Phi) is 9.37. The first kappa shape index (κ1) is 31.5. The molecule has 3 atom stereocenters. The lowest BCUT2D eigenvalue weighted by Gasteiger charge is -2.26. The number of amides is 3. The minimum Gasteiger partial charge on any atom is -0.362 e. The van der Waals surface area contributed by atoms with Crippen molar-refractivity contribution in [3.63, 3.8) is 0 Å². The molecule has 9 nitrogen and oxygen atoms in total. The number of nitrogens with zero attached hydrogens (tertiary/aromatic N) is 4. The molecule has 1 saturated heterocycles. The molecule has 2 unspecified atom stereocenters. The Hall–Kier alpha value is -3.69. The SMILES string of the molecule is CC(C)(C)CC(=O)N1CC2[C@@H](C1)C2(C)C.Cc1ccc(F)n2ncc(C(C#N)NC=O)c12.NC(=O)C(F)(F)F. The number of carbonyl (C=O) groups is 3. The van der Waals surface area contributed by atoms with Gasteiger partial charge < -0.3 is 16.0 Å². The highest BCUT2D eigenvalue weighted by Crippen LogP contribution is 2.62. The van der Waals surface area contributed by atoms with E-state index in [2.05, 4.69) is 55.7 Å². The summed E-state index contributed by atoms with van der Waals surface area (Å²) in [7, 11) is 0. The zero-order valence-corrected chi connectivity index (χ0v) is 22.8. The largest absolute Gasteiger partial charge is 0.470 e. The molecule has 2 aromatic rings. The molecule has 1 aliphatic carbocycles. The van der Waals surface area contributed by atoms with Gasteiger partial charge in [-0.2, -0.15) is 27.9 Å². The molecule has 13 heteroatoms. The highest BCUT2D eigenvalue weighted by molar-refractivity contribution is 5.79. The van der Waals surface area contributed by atoms with Crippen LogP contribution in [0.2, 0.25) is 0 Å². The third-order valence-electron chi connectivity index (χ3n) is 6.95. The molecular formula is C26H34F4N6O3. The zero-order valence-electron chi connectivity index (χ0n) is 22.8. The van der Waals surface area contributed by atoms with Crippen molar-refractivity contribution in [3.05, 3.63) is 35.4 Å². The average Bonchev–Trinajstić information content (AvgIpc) is 3.24. The number of pyridine rings is 1. The molecule has 2 aliphatic rings. The summed E-state index contributed by atoms with van der Waals surface area (Å²) >= 11 is 0. The average molecular weight is 555 g/mol. The molecule has 214 valence electrons. The van der Waals surface area contributed by atoms with Gasteiger partial charge in [0, 0.05) is 25.1 Å². The van der Waals surface area contributed by atoms with Gasteiger partial charge in [0.25, 0.3) is 0 Å². The van der Waals surface area contributed by atoms with Crippen LogP contribution in [0.4, 0.5) is 17.6 Å². The molecule has 39 heavy (non-hydrogen) atoms. The summed E-state index contributed by atoms with van der Waals surface area (Å²) in [6.45, 7) is 14.8. The third-order valence-corrected chi connectivity index (χ3v) is 6.95. The van der Waals surface area contributed by atoms with E-state index < -0.39 is 24.1 Å². The number of carbonyl (C=O) groups excluding carboxylic acids is 3. The maximum Gasteiger partial charge on any atom is 0.470 e. The van der Waals surface area contributed by atoms with Gasteiger partial charge in [-0.05, 0) is 41.2 Å². The second kappa shape index (κ2) is 11.6. The van der Waals surface area contributed by atoms with E-state index in [1.165, 1.54) is 12.3 Å². The molecule has 4 rings (SSSR count). The maximum atomic E-state index is 13.5. The van der Waals surface area contributed by atoms with Crippen LogP contribution in [0.3, 0.4) is 0 Å². The summed E-state index contributed by atoms with van der Waals surface area (Å²) in [4.78, 5) is 33.6. The van der Waals surface area contributed by atoms with Crippen molar-refractivity contribution in [1.82, 2.24) is 19.8 Å². The number of nitrogens with two attached hydrogens (primary N) is 1. The number of rotatable bonds is 4. The fourth-order valence-electron chi connectivity index (χ4n) is 4.64. The van der Waals surface area contributed by atoms with Gasteiger partial charge in [-0.1, -0.05) is 40.7 Å². The Morgan fingerprint density at radius 1 is 1.26 bits per heavy atom. The number of aromatic nitrogens is 2. The van der Waals surface area contributed by atoms with Crippen LogP contribution in [0.15, 0.2) is 18.3 Å². The van der Waals surface area contributed by atoms with E-state index in [0.29, 0.717) is 35.2 Å². The summed E-state index contributed by atoms with van der Waals surface area (Å²) in [5.41, 5.74) is 6.21. The van der Waals surface area contributed by atoms with Crippen molar-refractivity contribution in [2.45, 2.75) is 60.2 Å². The lowest BCUT2D eigenvalue weighted by Crippen LogP contribution is -2.35. The number of primary amides is 1. The van der Waals surface area contributed by atoms with Crippen LogP contribution in [0, 0.1) is 46.9 Å². The van der Waals surface area contributed by atoms with Gasteiger partial charge in [-0.25, -0.2) is 4.52 Å². The molecule has 3 amide bonds. The van der Waals surface area contributed by atoms with Crippen LogP contribution in [0.1, 0.15) is 58.2 Å². The van der Waals surface area contributed by atoms with Crippen LogP contribution in [0.5, 0.6) is 0 Å². The fraction of sp³-hybridized carbons (Fsp3) is 0.577. The van der Waals surface area contributed by atoms with E-state index in [0.717, 1.165) is 35.0 Å². The maximum absolute atomic E-state index is 13.5. The molecule has 1 saturated carbocycles. The van der Waals surface area contributed by atoms with E-state index >= 15 is 0 Å². The standard InChI is InChI=1S/C13H23NO.C11H9FN4O.C2H2F3NO/c1-12(2,3)6-11(15)14-7-9-10(8-14)13(9,4)5;1-7-2-3-10(12)16-11(7)8(5-15-16)9(4-13)14-6-17;3-2(4,5)1(6)7/h9-10H,6-8H2,1-5H3;2-3,5-6,9H,1H3,(H,14,17);(H2,6,7)/t9-,10?;;/m1../s1. The minimum absolute atomic E-state index is 0.124. The Labute approximate surface area is 224 Å². The van der Waals surface area contributed by atoms with Crippen molar-refractivity contribution in [3.8, 4) is 6.07 Å². The molecule has 3 heterocycles. The second-order valence-electron chi connectivity index (χ2n) is 11.5. The topological polar surface area (TPSA) is 134 Å². The minimum atomic E-state index is -4.86. The molecule has 0 radical (unpaired) electrons. The molecular weight excluding hydrogens is 520 g/mol. The van der Waals surface area contributed by atoms with Crippen molar-refractivity contribution >= 4 is 23.7 Å². The molecule has 3 N–H and O–H groups in total. The summed E-state index contributed by atoms with van der Waals surface area (Å²) in [5.74, 6) is -0.861. The van der Waals surface area contributed by atoms with Gasteiger partial charge >= 0.3 is 12.1 Å². The predicted molar refractivity (Wildman–Crippen MR) is 134 cm³/mol. The number of hydrogen-bond acceptors (Lipinski definition) is 5. The van der Waals surface area contributed by atoms with Crippen LogP contribution in [-0.2, 0) is 14.4 Å². The predicted octanol–water partition coefficient (Wildman–Crippen LogP) is 3.66. The normalized spacial score (nSPS) is 19.9. The molecule has 0 bridgehead atoms. The van der Waals surface area contributed by atoms with Crippen molar-refractivity contribution in [1.29, 1.82) is 5.26 Å². The fourth-order valence-corrected chi connectivity index (χ4v) is 4.64. The molecule has 0 spiro atoms. The third kappa shape index (κ3) is 7.68. The van der Waals surface area contributed by atoms with Gasteiger partial charge in [0.15, 0.2) is 0 Å². The zero-order chi connectivity index (χ0) is 29.9. The summed E-state index contributed by atoms with van der Waals surface area (Å²) < 4.78 is 46.7. The number of halogens is 4. The molecule has 1 aliphatic heterocycles. The number of piperidine rings is 1. The Morgan fingerprint density at radius 3 is 2.23 bits per heavy atom. The van der Waals surface area contributed by atoms with Crippen molar-refractivity contribution in [2.24, 2.45) is 28.4 Å². The summed E-state index contributed by atoms with van der Waals surface area (Å²) in [5, 5.41) is 15.2. The highest BCUT2D eigenvalue weighted by Gasteiger charge is 2.62. The van der Waals surface area contributed by atoms with Crippen LogP contribution in [-0.4, -0.2) is 52.0 Å². The Morgan fingerprint density at radius 2 is 1.79 bits per heavy atom. The van der Waals surface area contributed by atoms with Gasteiger partial charge in [0.05, 0.1) is 17.8 Å². The first-order valence-electron chi connectivity index (χ1n) is 12.2. The van der Waals surface area contributed by atoms with E-state index in [4.69, 9.17) is 10.1 Å². The summed E-state index contributed by atoms with van der Waals surface area (Å²) in [6.07, 6.45) is -2.35. The van der Waals surface area contributed by atoms with Crippen LogP contribution >= 0.6 is 0 Å².